The maximum Gasteiger partial charge on any atom is 0.0224 e. The first kappa shape index (κ1) is 14.8. The van der Waals surface area contributed by atoms with E-state index >= 15 is 0 Å². The molecule has 3 rings (SSSR count). The molecule has 3 aliphatic rings. The summed E-state index contributed by atoms with van der Waals surface area (Å²) in [4.78, 5) is 5.48. The number of piperazine rings is 1. The summed E-state index contributed by atoms with van der Waals surface area (Å²) >= 11 is 0. The van der Waals surface area contributed by atoms with Crippen molar-refractivity contribution in [2.75, 3.05) is 39.3 Å². The zero-order valence-corrected chi connectivity index (χ0v) is 13.3. The Labute approximate surface area is 125 Å². The van der Waals surface area contributed by atoms with Crippen LogP contribution in [-0.2, 0) is 0 Å². The Balaban J connectivity index is 1.52. The molecule has 1 saturated carbocycles. The van der Waals surface area contributed by atoms with Crippen LogP contribution >= 0.6 is 0 Å². The van der Waals surface area contributed by atoms with Gasteiger partial charge in [0, 0.05) is 38.3 Å². The van der Waals surface area contributed by atoms with Crippen molar-refractivity contribution in [2.24, 2.45) is 5.92 Å². The number of rotatable bonds is 5. The predicted octanol–water partition coefficient (Wildman–Crippen LogP) is 2.32. The number of nitrogens with zero attached hydrogens (tertiary/aromatic N) is 2. The predicted molar refractivity (Wildman–Crippen MR) is 85.1 cm³/mol. The highest BCUT2D eigenvalue weighted by molar-refractivity contribution is 4.89. The van der Waals surface area contributed by atoms with Crippen LogP contribution in [0.3, 0.4) is 0 Å². The summed E-state index contributed by atoms with van der Waals surface area (Å²) in [5.74, 6) is 0.935. The Morgan fingerprint density at radius 1 is 1.00 bits per heavy atom. The summed E-state index contributed by atoms with van der Waals surface area (Å²) in [7, 11) is 0. The molecule has 0 spiro atoms. The van der Waals surface area contributed by atoms with Gasteiger partial charge >= 0.3 is 0 Å². The lowest BCUT2D eigenvalue weighted by atomic mass is 9.83. The van der Waals surface area contributed by atoms with E-state index in [9.17, 15) is 0 Å². The maximum absolute atomic E-state index is 3.80. The van der Waals surface area contributed by atoms with Crippen LogP contribution in [0.15, 0.2) is 0 Å². The Bertz CT molecular complexity index is 288. The molecule has 20 heavy (non-hydrogen) atoms. The molecule has 2 aliphatic heterocycles. The van der Waals surface area contributed by atoms with Gasteiger partial charge in [-0.1, -0.05) is 26.2 Å². The molecule has 0 aromatic rings. The van der Waals surface area contributed by atoms with Gasteiger partial charge in [-0.3, -0.25) is 9.80 Å². The highest BCUT2D eigenvalue weighted by atomic mass is 15.3. The van der Waals surface area contributed by atoms with Crippen LogP contribution in [0.2, 0.25) is 0 Å². The number of nitrogens with one attached hydrogen (secondary N) is 1. The van der Waals surface area contributed by atoms with Gasteiger partial charge in [0.25, 0.3) is 0 Å². The van der Waals surface area contributed by atoms with Gasteiger partial charge < -0.3 is 5.32 Å². The lowest BCUT2D eigenvalue weighted by Crippen LogP contribution is -2.54. The fourth-order valence-corrected chi connectivity index (χ4v) is 4.68. The monoisotopic (exact) mass is 279 g/mol. The molecule has 0 aromatic heterocycles. The molecular formula is C17H33N3. The topological polar surface area (TPSA) is 18.5 Å². The molecule has 3 fully saturated rings. The van der Waals surface area contributed by atoms with E-state index in [1.54, 1.807) is 0 Å². The highest BCUT2D eigenvalue weighted by Gasteiger charge is 2.32. The fraction of sp³-hybridized carbons (Fsp3) is 1.00. The van der Waals surface area contributed by atoms with Gasteiger partial charge in [-0.25, -0.2) is 0 Å². The molecule has 3 heteroatoms. The van der Waals surface area contributed by atoms with Crippen molar-refractivity contribution in [2.45, 2.75) is 64.0 Å². The molecule has 0 radical (unpaired) electrons. The minimum absolute atomic E-state index is 0.744. The molecule has 1 N–H and O–H groups in total. The summed E-state index contributed by atoms with van der Waals surface area (Å²) in [6.45, 7) is 9.99. The third-order valence-corrected chi connectivity index (χ3v) is 5.81. The smallest absolute Gasteiger partial charge is 0.0224 e. The molecule has 116 valence electrons. The first-order chi connectivity index (χ1) is 9.86. The molecule has 1 aliphatic carbocycles. The molecule has 0 bridgehead atoms. The second-order valence-electron chi connectivity index (χ2n) is 7.15. The maximum atomic E-state index is 3.80. The van der Waals surface area contributed by atoms with Crippen molar-refractivity contribution < 1.29 is 0 Å². The van der Waals surface area contributed by atoms with E-state index in [1.807, 2.05) is 0 Å². The number of hydrogen-bond acceptors (Lipinski definition) is 3. The Kier molecular flexibility index (Phi) is 5.36. The quantitative estimate of drug-likeness (QED) is 0.833. The number of fused-ring (bicyclic) bond motifs is 1. The van der Waals surface area contributed by atoms with Crippen LogP contribution < -0.4 is 5.32 Å². The van der Waals surface area contributed by atoms with Gasteiger partial charge in [0.2, 0.25) is 0 Å². The van der Waals surface area contributed by atoms with E-state index in [0.29, 0.717) is 0 Å². The van der Waals surface area contributed by atoms with Crippen LogP contribution in [0.1, 0.15) is 51.9 Å². The van der Waals surface area contributed by atoms with Gasteiger partial charge in [0.1, 0.15) is 0 Å². The molecule has 2 saturated heterocycles. The Morgan fingerprint density at radius 3 is 2.65 bits per heavy atom. The normalized spacial score (nSPS) is 31.4. The second-order valence-corrected chi connectivity index (χ2v) is 7.15. The van der Waals surface area contributed by atoms with Crippen LogP contribution in [0.4, 0.5) is 0 Å². The van der Waals surface area contributed by atoms with Crippen molar-refractivity contribution in [3.05, 3.63) is 0 Å². The standard InChI is InChI=1S/C17H33N3/c1-2-18-17(15-7-4-3-5-8-15)14-19-11-12-20-10-6-9-16(20)13-19/h15-18H,2-14H2,1H3. The third-order valence-electron chi connectivity index (χ3n) is 5.81. The van der Waals surface area contributed by atoms with E-state index in [-0.39, 0.29) is 0 Å². The SMILES string of the molecule is CCNC(CN1CCN2CCCC2C1)C1CCCCC1. The van der Waals surface area contributed by atoms with Crippen LogP contribution in [-0.4, -0.2) is 61.2 Å². The molecule has 2 heterocycles. The molecule has 2 unspecified atom stereocenters. The summed E-state index contributed by atoms with van der Waals surface area (Å²) < 4.78 is 0. The van der Waals surface area contributed by atoms with E-state index < -0.39 is 0 Å². The number of hydrogen-bond donors (Lipinski definition) is 1. The summed E-state index contributed by atoms with van der Waals surface area (Å²) in [5, 5.41) is 3.80. The van der Waals surface area contributed by atoms with Crippen molar-refractivity contribution >= 4 is 0 Å². The van der Waals surface area contributed by atoms with Gasteiger partial charge in [0.05, 0.1) is 0 Å². The minimum Gasteiger partial charge on any atom is -0.313 e. The minimum atomic E-state index is 0.744. The first-order valence-electron chi connectivity index (χ1n) is 9.06. The van der Waals surface area contributed by atoms with Crippen molar-refractivity contribution in [1.82, 2.24) is 15.1 Å². The molecule has 3 nitrogen and oxygen atoms in total. The molecule has 2 atom stereocenters. The van der Waals surface area contributed by atoms with Crippen LogP contribution in [0, 0.1) is 5.92 Å². The first-order valence-corrected chi connectivity index (χ1v) is 9.06. The van der Waals surface area contributed by atoms with E-state index in [1.165, 1.54) is 77.7 Å². The van der Waals surface area contributed by atoms with Crippen molar-refractivity contribution in [3.8, 4) is 0 Å². The molecule has 0 amide bonds. The largest absolute Gasteiger partial charge is 0.313 e. The summed E-state index contributed by atoms with van der Waals surface area (Å²) in [5.41, 5.74) is 0. The van der Waals surface area contributed by atoms with Gasteiger partial charge in [0.15, 0.2) is 0 Å². The van der Waals surface area contributed by atoms with E-state index in [0.717, 1.165) is 24.5 Å². The van der Waals surface area contributed by atoms with Crippen molar-refractivity contribution in [1.29, 1.82) is 0 Å². The van der Waals surface area contributed by atoms with Crippen LogP contribution in [0.25, 0.3) is 0 Å². The van der Waals surface area contributed by atoms with Gasteiger partial charge in [-0.2, -0.15) is 0 Å². The third kappa shape index (κ3) is 3.55. The van der Waals surface area contributed by atoms with E-state index in [4.69, 9.17) is 0 Å². The van der Waals surface area contributed by atoms with Gasteiger partial charge in [-0.05, 0) is 44.7 Å². The highest BCUT2D eigenvalue weighted by Crippen LogP contribution is 2.28. The summed E-state index contributed by atoms with van der Waals surface area (Å²) in [6.07, 6.45) is 10.2. The lowest BCUT2D eigenvalue weighted by Gasteiger charge is -2.41. The second kappa shape index (κ2) is 7.24. The lowest BCUT2D eigenvalue weighted by molar-refractivity contribution is 0.0853. The Morgan fingerprint density at radius 2 is 1.85 bits per heavy atom. The average Bonchev–Trinajstić information content (AvgIpc) is 2.95. The average molecular weight is 279 g/mol. The Hall–Kier alpha value is -0.120. The number of likely N-dealkylation sites (N-methyl/N-ethyl adjacent to an activating group) is 1. The van der Waals surface area contributed by atoms with E-state index in [2.05, 4.69) is 22.0 Å². The summed E-state index contributed by atoms with van der Waals surface area (Å²) in [6, 6.07) is 1.62. The van der Waals surface area contributed by atoms with Crippen LogP contribution in [0.5, 0.6) is 0 Å². The molecular weight excluding hydrogens is 246 g/mol. The van der Waals surface area contributed by atoms with Crippen molar-refractivity contribution in [3.63, 3.8) is 0 Å². The molecule has 0 aromatic carbocycles. The zero-order valence-electron chi connectivity index (χ0n) is 13.3. The fourth-order valence-electron chi connectivity index (χ4n) is 4.68. The van der Waals surface area contributed by atoms with Gasteiger partial charge in [-0.15, -0.1) is 0 Å². The zero-order chi connectivity index (χ0) is 13.8.